The summed E-state index contributed by atoms with van der Waals surface area (Å²) in [6, 6.07) is 16.2. The molecule has 3 aromatic rings. The molecule has 7 heteroatoms. The van der Waals surface area contributed by atoms with Gasteiger partial charge in [-0.2, -0.15) is 0 Å². The van der Waals surface area contributed by atoms with Gasteiger partial charge in [0.2, 0.25) is 11.9 Å². The zero-order chi connectivity index (χ0) is 18.5. The molecule has 132 valence electrons. The Hall–Kier alpha value is -3.61. The van der Waals surface area contributed by atoms with Crippen LogP contribution in [0.3, 0.4) is 0 Å². The number of benzene rings is 1. The number of rotatable bonds is 6. The van der Waals surface area contributed by atoms with Crippen LogP contribution >= 0.6 is 0 Å². The maximum Gasteiger partial charge on any atom is 0.375 e. The number of primary amides is 1. The molecule has 1 amide bonds. The van der Waals surface area contributed by atoms with E-state index in [0.717, 1.165) is 0 Å². The minimum atomic E-state index is -1.21. The summed E-state index contributed by atoms with van der Waals surface area (Å²) in [5, 5.41) is 0. The Morgan fingerprint density at radius 1 is 1.04 bits per heavy atom. The zero-order valence-corrected chi connectivity index (χ0v) is 13.7. The Labute approximate surface area is 148 Å². The number of esters is 1. The highest BCUT2D eigenvalue weighted by Crippen LogP contribution is 2.20. The van der Waals surface area contributed by atoms with Gasteiger partial charge in [-0.15, -0.1) is 0 Å². The summed E-state index contributed by atoms with van der Waals surface area (Å²) in [6.45, 7) is 0.172. The molecule has 0 radical (unpaired) electrons. The summed E-state index contributed by atoms with van der Waals surface area (Å²) in [7, 11) is 0. The van der Waals surface area contributed by atoms with Crippen LogP contribution in [0, 0.1) is 0 Å². The molecule has 0 fully saturated rings. The number of amides is 1. The maximum absolute atomic E-state index is 12.3. The number of hydrogen-bond acceptors (Lipinski definition) is 5. The van der Waals surface area contributed by atoms with Crippen LogP contribution in [-0.2, 0) is 16.1 Å². The Bertz CT molecular complexity index is 975. The number of carbonyl (C=O) groups is 2. The molecule has 2 aromatic heterocycles. The SMILES string of the molecule is NC(=O)C(OC(=O)c1ccc(Cn2ccccc2=O)o1)c1ccccc1. The molecule has 7 nitrogen and oxygen atoms in total. The molecule has 3 rings (SSSR count). The summed E-state index contributed by atoms with van der Waals surface area (Å²) < 4.78 is 12.1. The van der Waals surface area contributed by atoms with E-state index in [9.17, 15) is 14.4 Å². The van der Waals surface area contributed by atoms with Gasteiger partial charge in [-0.3, -0.25) is 9.59 Å². The first-order valence-electron chi connectivity index (χ1n) is 7.84. The number of nitrogens with zero attached hydrogens (tertiary/aromatic N) is 1. The lowest BCUT2D eigenvalue weighted by Crippen LogP contribution is -2.26. The minimum Gasteiger partial charge on any atom is -0.452 e. The Morgan fingerprint density at radius 3 is 2.46 bits per heavy atom. The van der Waals surface area contributed by atoms with Crippen LogP contribution in [0.4, 0.5) is 0 Å². The predicted molar refractivity (Wildman–Crippen MR) is 92.3 cm³/mol. The van der Waals surface area contributed by atoms with Gasteiger partial charge in [-0.25, -0.2) is 4.79 Å². The molecular weight excluding hydrogens is 336 g/mol. The van der Waals surface area contributed by atoms with Gasteiger partial charge in [0.1, 0.15) is 5.76 Å². The maximum atomic E-state index is 12.3. The van der Waals surface area contributed by atoms with Crippen LogP contribution < -0.4 is 11.3 Å². The highest BCUT2D eigenvalue weighted by Gasteiger charge is 2.24. The van der Waals surface area contributed by atoms with Crippen LogP contribution in [-0.4, -0.2) is 16.4 Å². The molecule has 2 heterocycles. The van der Waals surface area contributed by atoms with Crippen LogP contribution in [0.25, 0.3) is 0 Å². The second-order valence-corrected chi connectivity index (χ2v) is 5.53. The Morgan fingerprint density at radius 2 is 1.77 bits per heavy atom. The monoisotopic (exact) mass is 352 g/mol. The molecule has 0 bridgehead atoms. The fourth-order valence-electron chi connectivity index (χ4n) is 2.42. The lowest BCUT2D eigenvalue weighted by Gasteiger charge is -2.14. The van der Waals surface area contributed by atoms with Crippen molar-refractivity contribution in [2.75, 3.05) is 0 Å². The quantitative estimate of drug-likeness (QED) is 0.682. The molecule has 1 unspecified atom stereocenters. The molecule has 0 aliphatic heterocycles. The van der Waals surface area contributed by atoms with Crippen molar-refractivity contribution in [3.8, 4) is 0 Å². The lowest BCUT2D eigenvalue weighted by molar-refractivity contribution is -0.127. The first-order valence-corrected chi connectivity index (χ1v) is 7.84. The van der Waals surface area contributed by atoms with Crippen molar-refractivity contribution in [2.45, 2.75) is 12.6 Å². The first-order chi connectivity index (χ1) is 12.5. The van der Waals surface area contributed by atoms with Crippen LogP contribution in [0.2, 0.25) is 0 Å². The van der Waals surface area contributed by atoms with E-state index in [1.54, 1.807) is 54.7 Å². The van der Waals surface area contributed by atoms with Gasteiger partial charge in [0, 0.05) is 17.8 Å². The fourth-order valence-corrected chi connectivity index (χ4v) is 2.42. The predicted octanol–water partition coefficient (Wildman–Crippen LogP) is 1.87. The Kier molecular flexibility index (Phi) is 4.98. The molecule has 0 spiro atoms. The number of nitrogens with two attached hydrogens (primary N) is 1. The summed E-state index contributed by atoms with van der Waals surface area (Å²) in [4.78, 5) is 35.6. The minimum absolute atomic E-state index is 0.0776. The van der Waals surface area contributed by atoms with Gasteiger partial charge in [0.15, 0.2) is 0 Å². The van der Waals surface area contributed by atoms with E-state index < -0.39 is 18.0 Å². The van der Waals surface area contributed by atoms with E-state index in [4.69, 9.17) is 14.9 Å². The van der Waals surface area contributed by atoms with Crippen molar-refractivity contribution < 1.29 is 18.7 Å². The molecule has 0 aliphatic carbocycles. The molecule has 1 atom stereocenters. The van der Waals surface area contributed by atoms with E-state index >= 15 is 0 Å². The highest BCUT2D eigenvalue weighted by molar-refractivity contribution is 5.90. The van der Waals surface area contributed by atoms with Crippen molar-refractivity contribution in [2.24, 2.45) is 5.73 Å². The smallest absolute Gasteiger partial charge is 0.375 e. The van der Waals surface area contributed by atoms with Crippen LogP contribution in [0.1, 0.15) is 28.0 Å². The topological polar surface area (TPSA) is 105 Å². The number of aromatic nitrogens is 1. The van der Waals surface area contributed by atoms with Crippen molar-refractivity contribution in [1.29, 1.82) is 0 Å². The molecule has 1 aromatic carbocycles. The van der Waals surface area contributed by atoms with Crippen LogP contribution in [0.5, 0.6) is 0 Å². The van der Waals surface area contributed by atoms with Gasteiger partial charge >= 0.3 is 5.97 Å². The number of carbonyl (C=O) groups excluding carboxylic acids is 2. The van der Waals surface area contributed by atoms with Crippen molar-refractivity contribution >= 4 is 11.9 Å². The van der Waals surface area contributed by atoms with E-state index in [-0.39, 0.29) is 17.9 Å². The van der Waals surface area contributed by atoms with Crippen molar-refractivity contribution in [3.05, 3.63) is 94.3 Å². The molecule has 0 aliphatic rings. The van der Waals surface area contributed by atoms with E-state index in [1.165, 1.54) is 16.7 Å². The third kappa shape index (κ3) is 3.89. The summed E-state index contributed by atoms with van der Waals surface area (Å²) >= 11 is 0. The largest absolute Gasteiger partial charge is 0.452 e. The third-order valence-corrected chi connectivity index (χ3v) is 3.67. The summed E-state index contributed by atoms with van der Waals surface area (Å²) in [6.07, 6.45) is 0.399. The molecule has 2 N–H and O–H groups in total. The number of furan rings is 1. The van der Waals surface area contributed by atoms with Gasteiger partial charge in [0.05, 0.1) is 6.54 Å². The van der Waals surface area contributed by atoms with Gasteiger partial charge in [-0.1, -0.05) is 36.4 Å². The standard InChI is InChI=1S/C19H16N2O5/c20-18(23)17(13-6-2-1-3-7-13)26-19(24)15-10-9-14(25-15)12-21-11-5-4-8-16(21)22/h1-11,17H,12H2,(H2,20,23). The normalized spacial score (nSPS) is 11.7. The van der Waals surface area contributed by atoms with E-state index in [1.807, 2.05) is 0 Å². The van der Waals surface area contributed by atoms with Gasteiger partial charge in [-0.05, 0) is 18.2 Å². The van der Waals surface area contributed by atoms with Gasteiger partial charge < -0.3 is 19.5 Å². The summed E-state index contributed by atoms with van der Waals surface area (Å²) in [5.41, 5.74) is 5.61. The Balaban J connectivity index is 1.74. The average Bonchev–Trinajstić information content (AvgIpc) is 3.10. The average molecular weight is 352 g/mol. The number of ether oxygens (including phenoxy) is 1. The molecule has 0 saturated heterocycles. The lowest BCUT2D eigenvalue weighted by atomic mass is 10.1. The molecule has 0 saturated carbocycles. The second kappa shape index (κ2) is 7.52. The number of pyridine rings is 1. The molecular formula is C19H16N2O5. The fraction of sp³-hybridized carbons (Fsp3) is 0.105. The number of hydrogen-bond donors (Lipinski definition) is 1. The van der Waals surface area contributed by atoms with Crippen LogP contribution in [0.15, 0.2) is 76.1 Å². The van der Waals surface area contributed by atoms with Gasteiger partial charge in [0.25, 0.3) is 11.5 Å². The second-order valence-electron chi connectivity index (χ2n) is 5.53. The molecule has 26 heavy (non-hydrogen) atoms. The third-order valence-electron chi connectivity index (χ3n) is 3.67. The highest BCUT2D eigenvalue weighted by atomic mass is 16.6. The van der Waals surface area contributed by atoms with E-state index in [2.05, 4.69) is 0 Å². The zero-order valence-electron chi connectivity index (χ0n) is 13.7. The van der Waals surface area contributed by atoms with Crippen molar-refractivity contribution in [1.82, 2.24) is 4.57 Å². The van der Waals surface area contributed by atoms with Crippen molar-refractivity contribution in [3.63, 3.8) is 0 Å². The van der Waals surface area contributed by atoms with E-state index in [0.29, 0.717) is 11.3 Å². The summed E-state index contributed by atoms with van der Waals surface area (Å²) in [5.74, 6) is -1.27. The first kappa shape index (κ1) is 17.2.